The molecule has 94 valence electrons. The summed E-state index contributed by atoms with van der Waals surface area (Å²) in [6.45, 7) is 4.16. The van der Waals surface area contributed by atoms with Crippen molar-refractivity contribution in [2.75, 3.05) is 6.61 Å². The van der Waals surface area contributed by atoms with Gasteiger partial charge in [0.2, 0.25) is 0 Å². The number of imidazole rings is 1. The van der Waals surface area contributed by atoms with Gasteiger partial charge in [-0.25, -0.2) is 9.78 Å². The molecule has 4 heteroatoms. The predicted molar refractivity (Wildman–Crippen MR) is 69.3 cm³/mol. The first-order chi connectivity index (χ1) is 8.63. The van der Waals surface area contributed by atoms with E-state index in [2.05, 4.69) is 4.98 Å². The highest BCUT2D eigenvalue weighted by molar-refractivity contribution is 5.94. The maximum Gasteiger partial charge on any atom is 0.359 e. The first kappa shape index (κ1) is 12.4. The molecule has 0 amide bonds. The van der Waals surface area contributed by atoms with Gasteiger partial charge in [-0.2, -0.15) is 0 Å². The smallest absolute Gasteiger partial charge is 0.359 e. The van der Waals surface area contributed by atoms with Crippen LogP contribution in [0.25, 0.3) is 11.3 Å². The summed E-state index contributed by atoms with van der Waals surface area (Å²) in [5.41, 5.74) is 3.29. The zero-order valence-corrected chi connectivity index (χ0v) is 10.8. The fourth-order valence-corrected chi connectivity index (χ4v) is 1.83. The third-order valence-corrected chi connectivity index (χ3v) is 2.73. The van der Waals surface area contributed by atoms with E-state index in [4.69, 9.17) is 4.74 Å². The minimum atomic E-state index is -0.381. The molecule has 0 fully saturated rings. The van der Waals surface area contributed by atoms with E-state index in [1.54, 1.807) is 13.3 Å². The molecule has 0 unspecified atom stereocenters. The van der Waals surface area contributed by atoms with Gasteiger partial charge in [-0.15, -0.1) is 0 Å². The number of aromatic nitrogens is 2. The molecule has 0 radical (unpaired) electrons. The van der Waals surface area contributed by atoms with Crippen molar-refractivity contribution in [2.24, 2.45) is 7.05 Å². The number of hydrogen-bond acceptors (Lipinski definition) is 3. The Hall–Kier alpha value is -2.10. The summed E-state index contributed by atoms with van der Waals surface area (Å²) in [4.78, 5) is 15.9. The van der Waals surface area contributed by atoms with Gasteiger partial charge in [-0.3, -0.25) is 0 Å². The summed E-state index contributed by atoms with van der Waals surface area (Å²) < 4.78 is 6.84. The first-order valence-electron chi connectivity index (χ1n) is 5.89. The van der Waals surface area contributed by atoms with Gasteiger partial charge in [-0.1, -0.05) is 29.8 Å². The van der Waals surface area contributed by atoms with Gasteiger partial charge in [0.15, 0.2) is 5.69 Å². The minimum Gasteiger partial charge on any atom is -0.461 e. The molecule has 0 bridgehead atoms. The van der Waals surface area contributed by atoms with E-state index < -0.39 is 0 Å². The zero-order chi connectivity index (χ0) is 13.1. The number of carbonyl (C=O) groups excluding carboxylic acids is 1. The fourth-order valence-electron chi connectivity index (χ4n) is 1.83. The predicted octanol–water partition coefficient (Wildman–Crippen LogP) is 2.57. The third kappa shape index (κ3) is 2.27. The van der Waals surface area contributed by atoms with Crippen molar-refractivity contribution >= 4 is 5.97 Å². The monoisotopic (exact) mass is 244 g/mol. The van der Waals surface area contributed by atoms with Crippen LogP contribution in [0.4, 0.5) is 0 Å². The van der Waals surface area contributed by atoms with Crippen LogP contribution in [0.1, 0.15) is 23.0 Å². The lowest BCUT2D eigenvalue weighted by atomic mass is 10.1. The van der Waals surface area contributed by atoms with Crippen LogP contribution in [0.3, 0.4) is 0 Å². The van der Waals surface area contributed by atoms with Gasteiger partial charge in [0, 0.05) is 12.6 Å². The molecule has 0 aliphatic carbocycles. The van der Waals surface area contributed by atoms with Crippen molar-refractivity contribution < 1.29 is 9.53 Å². The summed E-state index contributed by atoms with van der Waals surface area (Å²) >= 11 is 0. The Morgan fingerprint density at radius 3 is 2.61 bits per heavy atom. The normalized spacial score (nSPS) is 10.4. The van der Waals surface area contributed by atoms with Crippen molar-refractivity contribution in [3.8, 4) is 11.3 Å². The van der Waals surface area contributed by atoms with Gasteiger partial charge in [0.25, 0.3) is 0 Å². The lowest BCUT2D eigenvalue weighted by molar-refractivity contribution is 0.0521. The Labute approximate surface area is 106 Å². The van der Waals surface area contributed by atoms with Crippen molar-refractivity contribution in [1.29, 1.82) is 0 Å². The molecule has 0 aliphatic heterocycles. The number of ether oxygens (including phenoxy) is 1. The highest BCUT2D eigenvalue weighted by Crippen LogP contribution is 2.23. The van der Waals surface area contributed by atoms with E-state index >= 15 is 0 Å². The highest BCUT2D eigenvalue weighted by Gasteiger charge is 2.18. The van der Waals surface area contributed by atoms with Crippen molar-refractivity contribution in [3.63, 3.8) is 0 Å². The summed E-state index contributed by atoms with van der Waals surface area (Å²) in [6, 6.07) is 7.98. The number of carbonyl (C=O) groups is 1. The number of esters is 1. The van der Waals surface area contributed by atoms with E-state index in [0.29, 0.717) is 12.3 Å². The lowest BCUT2D eigenvalue weighted by Crippen LogP contribution is -2.07. The molecule has 0 spiro atoms. The number of nitrogens with zero attached hydrogens (tertiary/aromatic N) is 2. The van der Waals surface area contributed by atoms with Crippen LogP contribution in [0.15, 0.2) is 30.6 Å². The Morgan fingerprint density at radius 1 is 1.33 bits per heavy atom. The van der Waals surface area contributed by atoms with Crippen LogP contribution in [0.5, 0.6) is 0 Å². The maximum atomic E-state index is 11.8. The van der Waals surface area contributed by atoms with Gasteiger partial charge in [0.05, 0.1) is 18.6 Å². The van der Waals surface area contributed by atoms with Crippen LogP contribution in [0.2, 0.25) is 0 Å². The molecule has 0 aliphatic rings. The highest BCUT2D eigenvalue weighted by atomic mass is 16.5. The van der Waals surface area contributed by atoms with Crippen LogP contribution >= 0.6 is 0 Å². The third-order valence-electron chi connectivity index (χ3n) is 2.73. The first-order valence-corrected chi connectivity index (χ1v) is 5.89. The second-order valence-electron chi connectivity index (χ2n) is 4.14. The summed E-state index contributed by atoms with van der Waals surface area (Å²) in [7, 11) is 1.87. The Bertz CT molecular complexity index is 556. The Balaban J connectivity index is 2.46. The van der Waals surface area contributed by atoms with Crippen LogP contribution in [-0.2, 0) is 11.8 Å². The molecule has 18 heavy (non-hydrogen) atoms. The lowest BCUT2D eigenvalue weighted by Gasteiger charge is -2.06. The van der Waals surface area contributed by atoms with E-state index in [0.717, 1.165) is 11.3 Å². The Kier molecular flexibility index (Phi) is 3.46. The average Bonchev–Trinajstić information content (AvgIpc) is 2.73. The van der Waals surface area contributed by atoms with E-state index in [9.17, 15) is 4.79 Å². The van der Waals surface area contributed by atoms with Crippen molar-refractivity contribution in [1.82, 2.24) is 9.55 Å². The molecule has 0 saturated carbocycles. The number of hydrogen-bond donors (Lipinski definition) is 0. The molecule has 0 saturated heterocycles. The Morgan fingerprint density at radius 2 is 2.00 bits per heavy atom. The van der Waals surface area contributed by atoms with Crippen LogP contribution < -0.4 is 0 Å². The molecule has 0 atom stereocenters. The van der Waals surface area contributed by atoms with E-state index in [-0.39, 0.29) is 5.97 Å². The fraction of sp³-hybridized carbons (Fsp3) is 0.286. The molecular weight excluding hydrogens is 228 g/mol. The molecule has 2 aromatic rings. The summed E-state index contributed by atoms with van der Waals surface area (Å²) in [6.07, 6.45) is 1.63. The largest absolute Gasteiger partial charge is 0.461 e. The van der Waals surface area contributed by atoms with E-state index in [1.807, 2.05) is 42.8 Å². The number of aryl methyl sites for hydroxylation is 2. The van der Waals surface area contributed by atoms with Crippen molar-refractivity contribution in [3.05, 3.63) is 41.9 Å². The quantitative estimate of drug-likeness (QED) is 0.779. The van der Waals surface area contributed by atoms with Crippen LogP contribution in [-0.4, -0.2) is 22.1 Å². The average molecular weight is 244 g/mol. The standard InChI is InChI=1S/C14H16N2O2/c1-4-18-14(17)12-13(16(3)9-15-12)11-7-5-10(2)6-8-11/h5-9H,4H2,1-3H3. The topological polar surface area (TPSA) is 44.1 Å². The molecular formula is C14H16N2O2. The van der Waals surface area contributed by atoms with Gasteiger partial charge in [0.1, 0.15) is 0 Å². The molecule has 1 aromatic carbocycles. The second kappa shape index (κ2) is 5.04. The minimum absolute atomic E-state index is 0.350. The van der Waals surface area contributed by atoms with Crippen LogP contribution in [0, 0.1) is 6.92 Å². The molecule has 2 rings (SSSR count). The zero-order valence-electron chi connectivity index (χ0n) is 10.8. The molecule has 1 aromatic heterocycles. The molecule has 1 heterocycles. The van der Waals surface area contributed by atoms with Crippen molar-refractivity contribution in [2.45, 2.75) is 13.8 Å². The molecule has 4 nitrogen and oxygen atoms in total. The van der Waals surface area contributed by atoms with Gasteiger partial charge >= 0.3 is 5.97 Å². The molecule has 0 N–H and O–H groups in total. The summed E-state index contributed by atoms with van der Waals surface area (Å²) in [5, 5.41) is 0. The number of rotatable bonds is 3. The SMILES string of the molecule is CCOC(=O)c1ncn(C)c1-c1ccc(C)cc1. The second-order valence-corrected chi connectivity index (χ2v) is 4.14. The summed E-state index contributed by atoms with van der Waals surface area (Å²) in [5.74, 6) is -0.381. The maximum absolute atomic E-state index is 11.8. The van der Waals surface area contributed by atoms with Gasteiger partial charge < -0.3 is 9.30 Å². The number of benzene rings is 1. The van der Waals surface area contributed by atoms with Gasteiger partial charge in [-0.05, 0) is 13.8 Å². The van der Waals surface area contributed by atoms with E-state index in [1.165, 1.54) is 5.56 Å².